The molecule has 0 bridgehead atoms. The lowest BCUT2D eigenvalue weighted by Crippen LogP contribution is -2.22. The smallest absolute Gasteiger partial charge is 0.261 e. The van der Waals surface area contributed by atoms with Gasteiger partial charge in [-0.3, -0.25) is 9.52 Å². The molecule has 1 aromatic heterocycles. The van der Waals surface area contributed by atoms with Gasteiger partial charge >= 0.3 is 0 Å². The molecule has 134 valence electrons. The molecule has 5 nitrogen and oxygen atoms in total. The predicted molar refractivity (Wildman–Crippen MR) is 104 cm³/mol. The van der Waals surface area contributed by atoms with Crippen molar-refractivity contribution in [2.45, 2.75) is 18.4 Å². The Kier molecular flexibility index (Phi) is 5.39. The van der Waals surface area contributed by atoms with Gasteiger partial charge in [-0.2, -0.15) is 0 Å². The summed E-state index contributed by atoms with van der Waals surface area (Å²) in [5, 5.41) is 4.76. The molecule has 2 aromatic carbocycles. The summed E-state index contributed by atoms with van der Waals surface area (Å²) in [4.78, 5) is 13.3. The Bertz CT molecular complexity index is 978. The molecule has 0 unspecified atom stereocenters. The molecule has 1 heterocycles. The summed E-state index contributed by atoms with van der Waals surface area (Å²) in [6.45, 7) is 2.38. The van der Waals surface area contributed by atoms with Crippen LogP contribution in [0.15, 0.2) is 70.9 Å². The van der Waals surface area contributed by atoms with E-state index in [-0.39, 0.29) is 10.8 Å². The number of carbonyl (C=O) groups is 1. The highest BCUT2D eigenvalue weighted by molar-refractivity contribution is 7.92. The van der Waals surface area contributed by atoms with Crippen molar-refractivity contribution in [2.24, 2.45) is 0 Å². The van der Waals surface area contributed by atoms with Gasteiger partial charge in [-0.05, 0) is 54.8 Å². The highest BCUT2D eigenvalue weighted by Crippen LogP contribution is 2.17. The van der Waals surface area contributed by atoms with Crippen LogP contribution in [-0.4, -0.2) is 14.3 Å². The topological polar surface area (TPSA) is 75.3 Å². The molecule has 0 saturated heterocycles. The van der Waals surface area contributed by atoms with Crippen LogP contribution >= 0.6 is 11.3 Å². The average molecular weight is 386 g/mol. The molecular weight excluding hydrogens is 368 g/mol. The predicted octanol–water partition coefficient (Wildman–Crippen LogP) is 3.79. The third-order valence-electron chi connectivity index (χ3n) is 3.73. The van der Waals surface area contributed by atoms with Gasteiger partial charge in [0, 0.05) is 16.1 Å². The molecule has 0 fully saturated rings. The second kappa shape index (κ2) is 7.72. The maximum atomic E-state index is 12.4. The summed E-state index contributed by atoms with van der Waals surface area (Å²) in [5.41, 5.74) is 1.95. The van der Waals surface area contributed by atoms with E-state index in [1.807, 2.05) is 36.6 Å². The molecule has 2 N–H and O–H groups in total. The van der Waals surface area contributed by atoms with Gasteiger partial charge in [0.1, 0.15) is 0 Å². The molecule has 3 aromatic rings. The van der Waals surface area contributed by atoms with E-state index in [0.29, 0.717) is 17.8 Å². The Balaban J connectivity index is 1.67. The third-order valence-corrected chi connectivity index (χ3v) is 6.01. The number of aryl methyl sites for hydroxylation is 1. The van der Waals surface area contributed by atoms with Crippen molar-refractivity contribution in [3.8, 4) is 0 Å². The number of anilines is 1. The van der Waals surface area contributed by atoms with Crippen LogP contribution in [0, 0.1) is 6.92 Å². The van der Waals surface area contributed by atoms with Gasteiger partial charge in [0.15, 0.2) is 0 Å². The monoisotopic (exact) mass is 386 g/mol. The lowest BCUT2D eigenvalue weighted by Gasteiger charge is -2.09. The SMILES string of the molecule is Cc1ccc(NS(=O)(=O)c2ccc(C(=O)NCc3cccs3)cc2)cc1. The molecule has 0 atom stereocenters. The fourth-order valence-corrected chi connectivity index (χ4v) is 4.01. The van der Waals surface area contributed by atoms with Gasteiger partial charge in [-0.15, -0.1) is 11.3 Å². The minimum atomic E-state index is -3.70. The highest BCUT2D eigenvalue weighted by atomic mass is 32.2. The van der Waals surface area contributed by atoms with Gasteiger partial charge in [-0.25, -0.2) is 8.42 Å². The Morgan fingerprint density at radius 3 is 2.31 bits per heavy atom. The van der Waals surface area contributed by atoms with Crippen LogP contribution in [0.1, 0.15) is 20.8 Å². The van der Waals surface area contributed by atoms with Crippen molar-refractivity contribution in [1.82, 2.24) is 5.32 Å². The van der Waals surface area contributed by atoms with Crippen LogP contribution in [0.5, 0.6) is 0 Å². The normalized spacial score (nSPS) is 11.1. The minimum Gasteiger partial charge on any atom is -0.347 e. The fraction of sp³-hybridized carbons (Fsp3) is 0.105. The Morgan fingerprint density at radius 2 is 1.69 bits per heavy atom. The van der Waals surface area contributed by atoms with Crippen LogP contribution in [0.2, 0.25) is 0 Å². The van der Waals surface area contributed by atoms with E-state index in [1.165, 1.54) is 24.3 Å². The minimum absolute atomic E-state index is 0.105. The van der Waals surface area contributed by atoms with Crippen LogP contribution in [0.25, 0.3) is 0 Å². The Morgan fingerprint density at radius 1 is 1.00 bits per heavy atom. The molecule has 1 amide bonds. The Hall–Kier alpha value is -2.64. The van der Waals surface area contributed by atoms with E-state index < -0.39 is 10.0 Å². The van der Waals surface area contributed by atoms with Crippen LogP contribution in [-0.2, 0) is 16.6 Å². The lowest BCUT2D eigenvalue weighted by molar-refractivity contribution is 0.0951. The van der Waals surface area contributed by atoms with E-state index in [1.54, 1.807) is 23.5 Å². The first-order chi connectivity index (χ1) is 12.4. The van der Waals surface area contributed by atoms with Crippen molar-refractivity contribution < 1.29 is 13.2 Å². The van der Waals surface area contributed by atoms with Crippen molar-refractivity contribution in [1.29, 1.82) is 0 Å². The zero-order chi connectivity index (χ0) is 18.6. The average Bonchev–Trinajstić information content (AvgIpc) is 3.15. The van der Waals surface area contributed by atoms with E-state index in [0.717, 1.165) is 10.4 Å². The number of thiophene rings is 1. The van der Waals surface area contributed by atoms with E-state index in [2.05, 4.69) is 10.0 Å². The highest BCUT2D eigenvalue weighted by Gasteiger charge is 2.15. The van der Waals surface area contributed by atoms with E-state index >= 15 is 0 Å². The van der Waals surface area contributed by atoms with Gasteiger partial charge in [-0.1, -0.05) is 23.8 Å². The first-order valence-electron chi connectivity index (χ1n) is 7.94. The molecule has 0 spiro atoms. The number of hydrogen-bond acceptors (Lipinski definition) is 4. The maximum Gasteiger partial charge on any atom is 0.261 e. The first-order valence-corrected chi connectivity index (χ1v) is 10.3. The number of carbonyl (C=O) groups excluding carboxylic acids is 1. The van der Waals surface area contributed by atoms with Crippen molar-refractivity contribution in [3.63, 3.8) is 0 Å². The number of sulfonamides is 1. The zero-order valence-corrected chi connectivity index (χ0v) is 15.7. The fourth-order valence-electron chi connectivity index (χ4n) is 2.30. The molecule has 26 heavy (non-hydrogen) atoms. The number of amides is 1. The van der Waals surface area contributed by atoms with Gasteiger partial charge < -0.3 is 5.32 Å². The Labute approximate surface area is 156 Å². The standard InChI is InChI=1S/C19H18N2O3S2/c1-14-4-8-16(9-5-14)21-26(23,24)18-10-6-15(7-11-18)19(22)20-13-17-3-2-12-25-17/h2-12,21H,13H2,1H3,(H,20,22). The quantitative estimate of drug-likeness (QED) is 0.677. The van der Waals surface area contributed by atoms with Crippen LogP contribution < -0.4 is 10.0 Å². The van der Waals surface area contributed by atoms with Crippen molar-refractivity contribution in [2.75, 3.05) is 4.72 Å². The number of nitrogens with one attached hydrogen (secondary N) is 2. The molecule has 7 heteroatoms. The molecule has 0 radical (unpaired) electrons. The summed E-state index contributed by atoms with van der Waals surface area (Å²) in [6, 6.07) is 16.8. The largest absolute Gasteiger partial charge is 0.347 e. The summed E-state index contributed by atoms with van der Waals surface area (Å²) in [7, 11) is -3.70. The zero-order valence-electron chi connectivity index (χ0n) is 14.1. The van der Waals surface area contributed by atoms with Crippen molar-refractivity contribution >= 4 is 33.0 Å². The second-order valence-electron chi connectivity index (χ2n) is 5.76. The number of hydrogen-bond donors (Lipinski definition) is 2. The van der Waals surface area contributed by atoms with Crippen molar-refractivity contribution in [3.05, 3.63) is 82.0 Å². The second-order valence-corrected chi connectivity index (χ2v) is 8.47. The maximum absolute atomic E-state index is 12.4. The van der Waals surface area contributed by atoms with Gasteiger partial charge in [0.25, 0.3) is 15.9 Å². The molecule has 0 aliphatic rings. The molecule has 3 rings (SSSR count). The van der Waals surface area contributed by atoms with E-state index in [9.17, 15) is 13.2 Å². The van der Waals surface area contributed by atoms with Gasteiger partial charge in [0.2, 0.25) is 0 Å². The summed E-state index contributed by atoms with van der Waals surface area (Å²) < 4.78 is 27.4. The lowest BCUT2D eigenvalue weighted by atomic mass is 10.2. The number of rotatable bonds is 6. The molecule has 0 saturated carbocycles. The number of benzene rings is 2. The first kappa shape index (κ1) is 18.2. The van der Waals surface area contributed by atoms with Crippen LogP contribution in [0.3, 0.4) is 0 Å². The molecular formula is C19H18N2O3S2. The summed E-state index contributed by atoms with van der Waals surface area (Å²) >= 11 is 1.57. The third kappa shape index (κ3) is 4.50. The molecule has 0 aliphatic carbocycles. The summed E-state index contributed by atoms with van der Waals surface area (Å²) in [6.07, 6.45) is 0. The summed E-state index contributed by atoms with van der Waals surface area (Å²) in [5.74, 6) is -0.242. The van der Waals surface area contributed by atoms with E-state index in [4.69, 9.17) is 0 Å². The van der Waals surface area contributed by atoms with Gasteiger partial charge in [0.05, 0.1) is 11.4 Å². The molecule has 0 aliphatic heterocycles. The van der Waals surface area contributed by atoms with Crippen LogP contribution in [0.4, 0.5) is 5.69 Å².